The Hall–Kier alpha value is -2.87. The molecule has 1 saturated heterocycles. The van der Waals surface area contributed by atoms with E-state index < -0.39 is 6.09 Å². The zero-order valence-electron chi connectivity index (χ0n) is 13.2. The van der Waals surface area contributed by atoms with E-state index in [2.05, 4.69) is 20.2 Å². The highest BCUT2D eigenvalue weighted by atomic mass is 16.5. The molecule has 0 atom stereocenters. The molecule has 0 saturated carbocycles. The van der Waals surface area contributed by atoms with Gasteiger partial charge in [0.25, 0.3) is 0 Å². The number of morpholine rings is 1. The summed E-state index contributed by atoms with van der Waals surface area (Å²) in [7, 11) is 1.59. The van der Waals surface area contributed by atoms with Crippen molar-refractivity contribution in [2.24, 2.45) is 0 Å². The molecule has 24 heavy (non-hydrogen) atoms. The van der Waals surface area contributed by atoms with Crippen LogP contribution in [0.4, 0.5) is 16.3 Å². The number of benzene rings is 1. The van der Waals surface area contributed by atoms with E-state index in [1.54, 1.807) is 37.6 Å². The molecular formula is C16H18N4O4. The average molecular weight is 330 g/mol. The van der Waals surface area contributed by atoms with Crippen molar-refractivity contribution in [1.82, 2.24) is 9.97 Å². The number of amides is 1. The fourth-order valence-corrected chi connectivity index (χ4v) is 2.47. The third-order valence-electron chi connectivity index (χ3n) is 3.66. The van der Waals surface area contributed by atoms with Crippen LogP contribution in [0.3, 0.4) is 0 Å². The maximum atomic E-state index is 10.6. The lowest BCUT2D eigenvalue weighted by atomic mass is 10.2. The van der Waals surface area contributed by atoms with Crippen LogP contribution in [0.5, 0.6) is 5.75 Å². The van der Waals surface area contributed by atoms with Crippen molar-refractivity contribution in [2.45, 2.75) is 0 Å². The molecule has 8 nitrogen and oxygen atoms in total. The first-order valence-electron chi connectivity index (χ1n) is 7.51. The normalized spacial score (nSPS) is 14.3. The first-order chi connectivity index (χ1) is 11.7. The van der Waals surface area contributed by atoms with Gasteiger partial charge < -0.3 is 19.5 Å². The molecule has 0 bridgehead atoms. The Labute approximate surface area is 139 Å². The quantitative estimate of drug-likeness (QED) is 0.886. The second-order valence-corrected chi connectivity index (χ2v) is 5.19. The predicted molar refractivity (Wildman–Crippen MR) is 88.7 cm³/mol. The molecule has 0 radical (unpaired) electrons. The second-order valence-electron chi connectivity index (χ2n) is 5.19. The summed E-state index contributed by atoms with van der Waals surface area (Å²) in [5.41, 5.74) is 1.29. The van der Waals surface area contributed by atoms with E-state index in [1.807, 2.05) is 0 Å². The van der Waals surface area contributed by atoms with Crippen LogP contribution in [0.15, 0.2) is 30.5 Å². The zero-order valence-corrected chi connectivity index (χ0v) is 13.2. The Morgan fingerprint density at radius 1 is 1.29 bits per heavy atom. The summed E-state index contributed by atoms with van der Waals surface area (Å²) >= 11 is 0. The highest BCUT2D eigenvalue weighted by molar-refractivity contribution is 5.83. The van der Waals surface area contributed by atoms with Crippen molar-refractivity contribution >= 4 is 17.6 Å². The minimum atomic E-state index is -1.10. The summed E-state index contributed by atoms with van der Waals surface area (Å²) in [4.78, 5) is 21.7. The van der Waals surface area contributed by atoms with Crippen LogP contribution in [-0.4, -0.2) is 54.6 Å². The van der Waals surface area contributed by atoms with E-state index in [0.29, 0.717) is 30.5 Å². The molecule has 2 heterocycles. The Balaban J connectivity index is 1.89. The Morgan fingerprint density at radius 2 is 2.00 bits per heavy atom. The standard InChI is InChI=1S/C16H18N4O4/c1-23-13-10-17-14(19-15(13)20-6-8-24-9-7-20)11-2-4-12(5-3-11)18-16(21)22/h2-5,10,18H,6-9H2,1H3,(H,21,22). The third-order valence-corrected chi connectivity index (χ3v) is 3.66. The van der Waals surface area contributed by atoms with Gasteiger partial charge in [0.15, 0.2) is 17.4 Å². The van der Waals surface area contributed by atoms with Gasteiger partial charge in [-0.1, -0.05) is 0 Å². The number of methoxy groups -OCH3 is 1. The molecule has 126 valence electrons. The van der Waals surface area contributed by atoms with Gasteiger partial charge in [0, 0.05) is 24.3 Å². The van der Waals surface area contributed by atoms with Crippen LogP contribution in [0, 0.1) is 0 Å². The van der Waals surface area contributed by atoms with E-state index in [4.69, 9.17) is 14.6 Å². The third kappa shape index (κ3) is 3.54. The molecule has 0 aliphatic carbocycles. The van der Waals surface area contributed by atoms with E-state index in [9.17, 15) is 4.79 Å². The molecule has 1 amide bonds. The molecule has 2 aromatic rings. The van der Waals surface area contributed by atoms with Gasteiger partial charge in [0.1, 0.15) is 0 Å². The number of nitrogens with zero attached hydrogens (tertiary/aromatic N) is 3. The van der Waals surface area contributed by atoms with Crippen LogP contribution in [0.1, 0.15) is 0 Å². The summed E-state index contributed by atoms with van der Waals surface area (Å²) in [6.45, 7) is 2.79. The highest BCUT2D eigenvalue weighted by Gasteiger charge is 2.18. The fraction of sp³-hybridized carbons (Fsp3) is 0.312. The number of ether oxygens (including phenoxy) is 2. The van der Waals surface area contributed by atoms with Crippen LogP contribution in [-0.2, 0) is 4.74 Å². The van der Waals surface area contributed by atoms with Crippen molar-refractivity contribution in [1.29, 1.82) is 0 Å². The van der Waals surface area contributed by atoms with Gasteiger partial charge in [0.2, 0.25) is 0 Å². The Kier molecular flexibility index (Phi) is 4.76. The fourth-order valence-electron chi connectivity index (χ4n) is 2.47. The second kappa shape index (κ2) is 7.14. The topological polar surface area (TPSA) is 96.8 Å². The molecule has 2 N–H and O–H groups in total. The first kappa shape index (κ1) is 16.0. The molecule has 3 rings (SSSR count). The lowest BCUT2D eigenvalue weighted by Gasteiger charge is -2.28. The predicted octanol–water partition coefficient (Wildman–Crippen LogP) is 2.08. The summed E-state index contributed by atoms with van der Waals surface area (Å²) in [5, 5.41) is 11.0. The number of hydrogen-bond donors (Lipinski definition) is 2. The molecule has 1 aromatic carbocycles. The van der Waals surface area contributed by atoms with Crippen molar-refractivity contribution in [3.63, 3.8) is 0 Å². The monoisotopic (exact) mass is 330 g/mol. The van der Waals surface area contributed by atoms with Crippen LogP contribution < -0.4 is 15.0 Å². The van der Waals surface area contributed by atoms with Gasteiger partial charge in [-0.15, -0.1) is 0 Å². The van der Waals surface area contributed by atoms with E-state index in [-0.39, 0.29) is 0 Å². The van der Waals surface area contributed by atoms with Gasteiger partial charge in [-0.25, -0.2) is 14.8 Å². The van der Waals surface area contributed by atoms with Crippen LogP contribution in [0.25, 0.3) is 11.4 Å². The average Bonchev–Trinajstić information content (AvgIpc) is 2.62. The number of aromatic nitrogens is 2. The van der Waals surface area contributed by atoms with E-state index in [1.165, 1.54) is 0 Å². The van der Waals surface area contributed by atoms with E-state index in [0.717, 1.165) is 24.5 Å². The zero-order chi connectivity index (χ0) is 16.9. The Morgan fingerprint density at radius 3 is 2.62 bits per heavy atom. The molecule has 1 aliphatic rings. The number of nitrogens with one attached hydrogen (secondary N) is 1. The van der Waals surface area contributed by atoms with Crippen molar-refractivity contribution in [2.75, 3.05) is 43.6 Å². The Bertz CT molecular complexity index is 715. The minimum absolute atomic E-state index is 0.494. The van der Waals surface area contributed by atoms with Crippen molar-refractivity contribution in [3.8, 4) is 17.1 Å². The molecule has 1 aromatic heterocycles. The van der Waals surface area contributed by atoms with Crippen LogP contribution >= 0.6 is 0 Å². The number of hydrogen-bond acceptors (Lipinski definition) is 6. The number of rotatable bonds is 4. The highest BCUT2D eigenvalue weighted by Crippen LogP contribution is 2.28. The van der Waals surface area contributed by atoms with Gasteiger partial charge in [-0.05, 0) is 24.3 Å². The lowest BCUT2D eigenvalue weighted by molar-refractivity contribution is 0.122. The van der Waals surface area contributed by atoms with Crippen LogP contribution in [0.2, 0.25) is 0 Å². The largest absolute Gasteiger partial charge is 0.491 e. The van der Waals surface area contributed by atoms with Crippen molar-refractivity contribution < 1.29 is 19.4 Å². The van der Waals surface area contributed by atoms with Gasteiger partial charge >= 0.3 is 6.09 Å². The molecular weight excluding hydrogens is 312 g/mol. The van der Waals surface area contributed by atoms with E-state index >= 15 is 0 Å². The number of carboxylic acid groups (broad SMARTS) is 1. The SMILES string of the molecule is COc1cnc(-c2ccc(NC(=O)O)cc2)nc1N1CCOCC1. The maximum absolute atomic E-state index is 10.6. The minimum Gasteiger partial charge on any atom is -0.491 e. The molecule has 1 aliphatic heterocycles. The van der Waals surface area contributed by atoms with Crippen molar-refractivity contribution in [3.05, 3.63) is 30.5 Å². The smallest absolute Gasteiger partial charge is 0.409 e. The molecule has 8 heteroatoms. The summed E-state index contributed by atoms with van der Waals surface area (Å²) in [6.07, 6.45) is 0.550. The number of anilines is 2. The van der Waals surface area contributed by atoms with Gasteiger partial charge in [0.05, 0.1) is 26.5 Å². The van der Waals surface area contributed by atoms with Gasteiger partial charge in [-0.3, -0.25) is 5.32 Å². The number of carbonyl (C=O) groups is 1. The first-order valence-corrected chi connectivity index (χ1v) is 7.51. The molecule has 0 unspecified atom stereocenters. The molecule has 1 fully saturated rings. The molecule has 0 spiro atoms. The van der Waals surface area contributed by atoms with Gasteiger partial charge in [-0.2, -0.15) is 0 Å². The lowest BCUT2D eigenvalue weighted by Crippen LogP contribution is -2.37. The summed E-state index contributed by atoms with van der Waals surface area (Å²) in [6, 6.07) is 6.89. The summed E-state index contributed by atoms with van der Waals surface area (Å²) in [5.74, 6) is 1.91. The maximum Gasteiger partial charge on any atom is 0.409 e. The summed E-state index contributed by atoms with van der Waals surface area (Å²) < 4.78 is 10.7.